The van der Waals surface area contributed by atoms with Gasteiger partial charge in [-0.15, -0.1) is 0 Å². The number of piperazine rings is 1. The molecule has 1 fully saturated rings. The van der Waals surface area contributed by atoms with E-state index in [4.69, 9.17) is 5.73 Å². The highest BCUT2D eigenvalue weighted by atomic mass is 32.1. The molecule has 0 unspecified atom stereocenters. The van der Waals surface area contributed by atoms with Crippen LogP contribution in [0, 0.1) is 0 Å². The highest BCUT2D eigenvalue weighted by Gasteiger charge is 2.30. The number of nitrogens with zero attached hydrogens (tertiary/aromatic N) is 2. The van der Waals surface area contributed by atoms with Crippen molar-refractivity contribution in [2.45, 2.75) is 37.6 Å². The molecule has 4 nitrogen and oxygen atoms in total. The Morgan fingerprint density at radius 1 is 1.23 bits per heavy atom. The maximum absolute atomic E-state index is 13.2. The van der Waals surface area contributed by atoms with Gasteiger partial charge in [0.15, 0.2) is 0 Å². The number of benzene rings is 2. The smallest absolute Gasteiger partial charge is 0.254 e. The lowest BCUT2D eigenvalue weighted by Gasteiger charge is -2.42. The van der Waals surface area contributed by atoms with Crippen LogP contribution in [0.25, 0.3) is 10.8 Å². The molecule has 2 atom stereocenters. The van der Waals surface area contributed by atoms with Crippen LogP contribution < -0.4 is 5.73 Å². The lowest BCUT2D eigenvalue weighted by molar-refractivity contribution is 0.0464. The molecular formula is C21H29N3OS. The van der Waals surface area contributed by atoms with Crippen LogP contribution in [-0.4, -0.2) is 53.3 Å². The third kappa shape index (κ3) is 4.40. The Morgan fingerprint density at radius 3 is 2.77 bits per heavy atom. The largest absolute Gasteiger partial charge is 0.336 e. The number of unbranched alkanes of at least 4 members (excludes halogenated alkanes) is 1. The zero-order chi connectivity index (χ0) is 18.5. The fraction of sp³-hybridized carbons (Fsp3) is 0.476. The average molecular weight is 372 g/mol. The lowest BCUT2D eigenvalue weighted by Crippen LogP contribution is -2.56. The molecule has 0 saturated carbocycles. The zero-order valence-electron chi connectivity index (χ0n) is 15.5. The minimum atomic E-state index is -0.139. The van der Waals surface area contributed by atoms with Gasteiger partial charge < -0.3 is 10.6 Å². The summed E-state index contributed by atoms with van der Waals surface area (Å²) < 4.78 is 0. The van der Waals surface area contributed by atoms with Crippen LogP contribution >= 0.6 is 12.6 Å². The Balaban J connectivity index is 1.79. The highest BCUT2D eigenvalue weighted by Crippen LogP contribution is 2.23. The standard InChI is InChI=1S/C21H29N3OS/c1-2-3-9-17-14-24(13-12-23(17)15-20(22)26)21(25)19-11-6-8-16-7-4-5-10-18(16)19/h4-8,10-11,17,20,26H,2-3,9,12-15,22H2,1H3/t17-,20-/m0/s1. The average Bonchev–Trinajstić information content (AvgIpc) is 2.65. The second-order valence-corrected chi connectivity index (χ2v) is 7.80. The van der Waals surface area contributed by atoms with E-state index in [1.54, 1.807) is 0 Å². The third-order valence-corrected chi connectivity index (χ3v) is 5.39. The van der Waals surface area contributed by atoms with Crippen molar-refractivity contribution in [3.63, 3.8) is 0 Å². The molecule has 1 heterocycles. The van der Waals surface area contributed by atoms with Crippen LogP contribution in [-0.2, 0) is 0 Å². The first kappa shape index (κ1) is 19.2. The van der Waals surface area contributed by atoms with Crippen molar-refractivity contribution in [2.75, 3.05) is 26.2 Å². The maximum atomic E-state index is 13.2. The van der Waals surface area contributed by atoms with Crippen LogP contribution in [0.15, 0.2) is 42.5 Å². The summed E-state index contributed by atoms with van der Waals surface area (Å²) >= 11 is 4.36. The van der Waals surface area contributed by atoms with Gasteiger partial charge in [-0.1, -0.05) is 56.2 Å². The van der Waals surface area contributed by atoms with Gasteiger partial charge in [0.05, 0.1) is 5.37 Å². The van der Waals surface area contributed by atoms with E-state index in [2.05, 4.69) is 36.6 Å². The van der Waals surface area contributed by atoms with Crippen LogP contribution in [0.2, 0.25) is 0 Å². The first-order valence-corrected chi connectivity index (χ1v) is 10.1. The van der Waals surface area contributed by atoms with Gasteiger partial charge in [-0.25, -0.2) is 0 Å². The Hall–Kier alpha value is -1.56. The van der Waals surface area contributed by atoms with Crippen LogP contribution in [0.5, 0.6) is 0 Å². The number of hydrogen-bond acceptors (Lipinski definition) is 4. The second kappa shape index (κ2) is 8.89. The van der Waals surface area contributed by atoms with Gasteiger partial charge in [-0.3, -0.25) is 9.69 Å². The number of thiol groups is 1. The Labute approximate surface area is 161 Å². The summed E-state index contributed by atoms with van der Waals surface area (Å²) in [6.45, 7) is 5.34. The summed E-state index contributed by atoms with van der Waals surface area (Å²) in [4.78, 5) is 17.6. The van der Waals surface area contributed by atoms with Crippen molar-refractivity contribution < 1.29 is 4.79 Å². The molecule has 1 saturated heterocycles. The zero-order valence-corrected chi connectivity index (χ0v) is 16.4. The molecule has 3 rings (SSSR count). The summed E-state index contributed by atoms with van der Waals surface area (Å²) in [5.74, 6) is 0.137. The van der Waals surface area contributed by atoms with E-state index in [9.17, 15) is 4.79 Å². The van der Waals surface area contributed by atoms with Crippen molar-refractivity contribution in [2.24, 2.45) is 5.73 Å². The monoisotopic (exact) mass is 371 g/mol. The van der Waals surface area contributed by atoms with Crippen LogP contribution in [0.3, 0.4) is 0 Å². The number of carbonyl (C=O) groups is 1. The number of carbonyl (C=O) groups excluding carboxylic acids is 1. The number of hydrogen-bond donors (Lipinski definition) is 2. The lowest BCUT2D eigenvalue weighted by atomic mass is 10.0. The molecule has 140 valence electrons. The van der Waals surface area contributed by atoms with E-state index in [0.29, 0.717) is 6.04 Å². The van der Waals surface area contributed by atoms with Gasteiger partial charge in [0.1, 0.15) is 0 Å². The first-order chi connectivity index (χ1) is 12.6. The number of fused-ring (bicyclic) bond motifs is 1. The molecular weight excluding hydrogens is 342 g/mol. The van der Waals surface area contributed by atoms with Crippen LogP contribution in [0.4, 0.5) is 0 Å². The minimum absolute atomic E-state index is 0.137. The van der Waals surface area contributed by atoms with Gasteiger partial charge in [-0.05, 0) is 23.3 Å². The second-order valence-electron chi connectivity index (χ2n) is 7.14. The van der Waals surface area contributed by atoms with Gasteiger partial charge in [-0.2, -0.15) is 12.6 Å². The van der Waals surface area contributed by atoms with Crippen molar-refractivity contribution >= 4 is 29.3 Å². The molecule has 1 aliphatic rings. The molecule has 1 amide bonds. The number of amides is 1. The Bertz CT molecular complexity index is 744. The van der Waals surface area contributed by atoms with E-state index < -0.39 is 0 Å². The predicted molar refractivity (Wildman–Crippen MR) is 112 cm³/mol. The normalized spacial score (nSPS) is 19.7. The number of rotatable bonds is 6. The number of nitrogens with two attached hydrogens (primary N) is 1. The van der Waals surface area contributed by atoms with E-state index in [1.807, 2.05) is 35.2 Å². The first-order valence-electron chi connectivity index (χ1n) is 9.55. The molecule has 0 spiro atoms. The van der Waals surface area contributed by atoms with Crippen molar-refractivity contribution in [1.82, 2.24) is 9.80 Å². The molecule has 26 heavy (non-hydrogen) atoms. The molecule has 0 bridgehead atoms. The fourth-order valence-electron chi connectivity index (χ4n) is 3.85. The SMILES string of the molecule is CCCC[C@H]1CN(C(=O)c2cccc3ccccc23)CCN1C[C@@H](N)S. The van der Waals surface area contributed by atoms with Gasteiger partial charge in [0.2, 0.25) is 0 Å². The maximum Gasteiger partial charge on any atom is 0.254 e. The van der Waals surface area contributed by atoms with E-state index in [1.165, 1.54) is 6.42 Å². The third-order valence-electron chi connectivity index (χ3n) is 5.22. The fourth-order valence-corrected chi connectivity index (χ4v) is 4.06. The van der Waals surface area contributed by atoms with E-state index >= 15 is 0 Å². The summed E-state index contributed by atoms with van der Waals surface area (Å²) in [7, 11) is 0. The molecule has 0 aliphatic carbocycles. The molecule has 2 aromatic carbocycles. The summed E-state index contributed by atoms with van der Waals surface area (Å²) in [5.41, 5.74) is 6.71. The van der Waals surface area contributed by atoms with Gasteiger partial charge in [0, 0.05) is 37.8 Å². The van der Waals surface area contributed by atoms with Crippen LogP contribution in [0.1, 0.15) is 36.5 Å². The van der Waals surface area contributed by atoms with Crippen molar-refractivity contribution in [1.29, 1.82) is 0 Å². The molecule has 2 N–H and O–H groups in total. The van der Waals surface area contributed by atoms with E-state index in [-0.39, 0.29) is 11.3 Å². The predicted octanol–water partition coefficient (Wildman–Crippen LogP) is 3.37. The summed E-state index contributed by atoms with van der Waals surface area (Å²) in [5, 5.41) is 2.00. The van der Waals surface area contributed by atoms with Crippen molar-refractivity contribution in [3.8, 4) is 0 Å². The molecule has 1 aliphatic heterocycles. The Kier molecular flexibility index (Phi) is 6.57. The minimum Gasteiger partial charge on any atom is -0.336 e. The topological polar surface area (TPSA) is 49.6 Å². The van der Waals surface area contributed by atoms with Gasteiger partial charge >= 0.3 is 0 Å². The highest BCUT2D eigenvalue weighted by molar-refractivity contribution is 7.80. The molecule has 0 radical (unpaired) electrons. The molecule has 2 aromatic rings. The van der Waals surface area contributed by atoms with Crippen molar-refractivity contribution in [3.05, 3.63) is 48.0 Å². The summed E-state index contributed by atoms with van der Waals surface area (Å²) in [6, 6.07) is 14.4. The molecule has 5 heteroatoms. The quantitative estimate of drug-likeness (QED) is 0.605. The van der Waals surface area contributed by atoms with Gasteiger partial charge in [0.25, 0.3) is 5.91 Å². The van der Waals surface area contributed by atoms with E-state index in [0.717, 1.165) is 55.4 Å². The summed E-state index contributed by atoms with van der Waals surface area (Å²) in [6.07, 6.45) is 3.42. The Morgan fingerprint density at radius 2 is 2.00 bits per heavy atom. The molecule has 0 aromatic heterocycles.